The Labute approximate surface area is 208 Å². The molecule has 0 radical (unpaired) electrons. The number of nitrogens with one attached hydrogen (secondary N) is 1. The Morgan fingerprint density at radius 2 is 1.63 bits per heavy atom. The van der Waals surface area contributed by atoms with E-state index in [1.54, 1.807) is 0 Å². The fraction of sp³-hybridized carbons (Fsp3) is 0.152. The van der Waals surface area contributed by atoms with Gasteiger partial charge < -0.3 is 10.2 Å². The molecule has 172 valence electrons. The van der Waals surface area contributed by atoms with E-state index in [9.17, 15) is 0 Å². The average Bonchev–Trinajstić information content (AvgIpc) is 2.89. The molecule has 3 heterocycles. The first-order chi connectivity index (χ1) is 17.2. The van der Waals surface area contributed by atoms with Gasteiger partial charge in [-0.3, -0.25) is 0 Å². The standard InChI is InChI=1S/C33H30N2/c1-23-16-17-34-32(18-23)29-14-8-6-12-26(29)20-28-21-27-13-7-9-15-30(27)33-19-24(2)31(22-35(28)33)25-10-4-3-5-11-25/h3-16,18-19,21-22,33-34H,17,20H2,1-2H3. The number of hydrogen-bond donors (Lipinski definition) is 1. The summed E-state index contributed by atoms with van der Waals surface area (Å²) < 4.78 is 0. The summed E-state index contributed by atoms with van der Waals surface area (Å²) in [5.74, 6) is 0. The van der Waals surface area contributed by atoms with Crippen molar-refractivity contribution in [2.45, 2.75) is 26.3 Å². The molecule has 1 unspecified atom stereocenters. The van der Waals surface area contributed by atoms with Gasteiger partial charge in [-0.05, 0) is 53.8 Å². The lowest BCUT2D eigenvalue weighted by Gasteiger charge is -2.40. The van der Waals surface area contributed by atoms with Crippen molar-refractivity contribution in [1.29, 1.82) is 0 Å². The molecule has 35 heavy (non-hydrogen) atoms. The normalized spacial score (nSPS) is 18.7. The highest BCUT2D eigenvalue weighted by Crippen LogP contribution is 2.43. The zero-order valence-corrected chi connectivity index (χ0v) is 20.3. The smallest absolute Gasteiger partial charge is 0.0778 e. The highest BCUT2D eigenvalue weighted by Gasteiger charge is 2.30. The van der Waals surface area contributed by atoms with Gasteiger partial charge in [-0.15, -0.1) is 0 Å². The van der Waals surface area contributed by atoms with Crippen molar-refractivity contribution in [3.63, 3.8) is 0 Å². The van der Waals surface area contributed by atoms with E-state index in [0.29, 0.717) is 0 Å². The minimum absolute atomic E-state index is 0.211. The van der Waals surface area contributed by atoms with E-state index < -0.39 is 0 Å². The minimum atomic E-state index is 0.211. The van der Waals surface area contributed by atoms with E-state index >= 15 is 0 Å². The third-order valence-corrected chi connectivity index (χ3v) is 7.22. The summed E-state index contributed by atoms with van der Waals surface area (Å²) in [4.78, 5) is 2.49. The van der Waals surface area contributed by atoms with E-state index in [-0.39, 0.29) is 6.04 Å². The molecular formula is C33H30N2. The van der Waals surface area contributed by atoms with Crippen molar-refractivity contribution in [1.82, 2.24) is 10.2 Å². The number of allylic oxidation sites excluding steroid dienone is 5. The third kappa shape index (κ3) is 4.06. The van der Waals surface area contributed by atoms with Gasteiger partial charge in [0.05, 0.1) is 6.04 Å². The first-order valence-electron chi connectivity index (χ1n) is 12.4. The van der Waals surface area contributed by atoms with Crippen molar-refractivity contribution in [2.75, 3.05) is 6.54 Å². The van der Waals surface area contributed by atoms with Crippen LogP contribution in [0.5, 0.6) is 0 Å². The molecular weight excluding hydrogens is 424 g/mol. The van der Waals surface area contributed by atoms with E-state index in [0.717, 1.165) is 13.0 Å². The molecule has 0 aliphatic carbocycles. The van der Waals surface area contributed by atoms with Gasteiger partial charge in [-0.25, -0.2) is 0 Å². The highest BCUT2D eigenvalue weighted by molar-refractivity contribution is 5.81. The summed E-state index contributed by atoms with van der Waals surface area (Å²) in [7, 11) is 0. The van der Waals surface area contributed by atoms with E-state index in [1.807, 2.05) is 0 Å². The summed E-state index contributed by atoms with van der Waals surface area (Å²) in [5, 5.41) is 3.58. The lowest BCUT2D eigenvalue weighted by atomic mass is 9.86. The highest BCUT2D eigenvalue weighted by atomic mass is 15.2. The second kappa shape index (κ2) is 8.96. The number of dihydropyridines is 1. The Morgan fingerprint density at radius 1 is 0.857 bits per heavy atom. The van der Waals surface area contributed by atoms with E-state index in [4.69, 9.17) is 0 Å². The van der Waals surface area contributed by atoms with Crippen LogP contribution in [0.25, 0.3) is 17.3 Å². The molecule has 2 nitrogen and oxygen atoms in total. The molecule has 0 bridgehead atoms. The van der Waals surface area contributed by atoms with Crippen LogP contribution in [0.15, 0.2) is 120 Å². The summed E-state index contributed by atoms with van der Waals surface area (Å²) in [6, 6.07) is 28.6. The minimum Gasteiger partial charge on any atom is -0.381 e. The van der Waals surface area contributed by atoms with Crippen molar-refractivity contribution in [2.24, 2.45) is 0 Å². The van der Waals surface area contributed by atoms with Gasteiger partial charge in [-0.2, -0.15) is 0 Å². The molecule has 0 aromatic heterocycles. The van der Waals surface area contributed by atoms with Crippen molar-refractivity contribution < 1.29 is 0 Å². The van der Waals surface area contributed by atoms with Crippen LogP contribution < -0.4 is 5.32 Å². The summed E-state index contributed by atoms with van der Waals surface area (Å²) in [6.07, 6.45) is 12.5. The van der Waals surface area contributed by atoms with Crippen LogP contribution in [-0.4, -0.2) is 11.4 Å². The van der Waals surface area contributed by atoms with Crippen molar-refractivity contribution >= 4 is 17.3 Å². The molecule has 2 heteroatoms. The van der Waals surface area contributed by atoms with Crippen LogP contribution in [-0.2, 0) is 6.42 Å². The van der Waals surface area contributed by atoms with Crippen LogP contribution in [0.2, 0.25) is 0 Å². The number of rotatable bonds is 4. The van der Waals surface area contributed by atoms with Gasteiger partial charge >= 0.3 is 0 Å². The number of hydrogen-bond acceptors (Lipinski definition) is 2. The topological polar surface area (TPSA) is 15.3 Å². The van der Waals surface area contributed by atoms with Gasteiger partial charge in [0, 0.05) is 41.7 Å². The molecule has 0 fully saturated rings. The Hall–Kier alpha value is -4.04. The molecule has 3 aliphatic heterocycles. The maximum Gasteiger partial charge on any atom is 0.0778 e. The van der Waals surface area contributed by atoms with E-state index in [2.05, 4.69) is 133 Å². The lowest BCUT2D eigenvalue weighted by Crippen LogP contribution is -2.29. The fourth-order valence-electron chi connectivity index (χ4n) is 5.42. The Balaban J connectivity index is 1.44. The predicted molar refractivity (Wildman–Crippen MR) is 147 cm³/mol. The number of benzene rings is 3. The van der Waals surface area contributed by atoms with Crippen molar-refractivity contribution in [3.05, 3.63) is 148 Å². The maximum absolute atomic E-state index is 3.58. The van der Waals surface area contributed by atoms with Crippen LogP contribution in [0.4, 0.5) is 0 Å². The first-order valence-corrected chi connectivity index (χ1v) is 12.4. The Kier molecular flexibility index (Phi) is 5.50. The molecule has 0 saturated heterocycles. The molecule has 3 aromatic rings. The quantitative estimate of drug-likeness (QED) is 0.439. The van der Waals surface area contributed by atoms with Gasteiger partial charge in [-0.1, -0.05) is 96.6 Å². The lowest BCUT2D eigenvalue weighted by molar-refractivity contribution is 0.386. The molecule has 1 N–H and O–H groups in total. The van der Waals surface area contributed by atoms with Crippen LogP contribution in [0.3, 0.4) is 0 Å². The molecule has 0 spiro atoms. The largest absolute Gasteiger partial charge is 0.381 e. The maximum atomic E-state index is 3.58. The summed E-state index contributed by atoms with van der Waals surface area (Å²) in [6.45, 7) is 5.29. The second-order valence-corrected chi connectivity index (χ2v) is 9.60. The molecule has 6 rings (SSSR count). The van der Waals surface area contributed by atoms with Crippen molar-refractivity contribution in [3.8, 4) is 0 Å². The molecule has 3 aromatic carbocycles. The Morgan fingerprint density at radius 3 is 2.49 bits per heavy atom. The summed E-state index contributed by atoms with van der Waals surface area (Å²) >= 11 is 0. The molecule has 0 saturated carbocycles. The molecule has 3 aliphatic rings. The first kappa shape index (κ1) is 21.5. The number of fused-ring (bicyclic) bond motifs is 3. The van der Waals surface area contributed by atoms with Crippen LogP contribution in [0.1, 0.15) is 47.7 Å². The monoisotopic (exact) mass is 454 g/mol. The zero-order valence-electron chi connectivity index (χ0n) is 20.3. The fourth-order valence-corrected chi connectivity index (χ4v) is 5.42. The molecule has 1 atom stereocenters. The Bertz CT molecular complexity index is 1430. The van der Waals surface area contributed by atoms with Gasteiger partial charge in [0.1, 0.15) is 0 Å². The van der Waals surface area contributed by atoms with Gasteiger partial charge in [0.15, 0.2) is 0 Å². The average molecular weight is 455 g/mol. The van der Waals surface area contributed by atoms with Crippen LogP contribution in [0, 0.1) is 0 Å². The summed E-state index contributed by atoms with van der Waals surface area (Å²) in [5.41, 5.74) is 13.0. The van der Waals surface area contributed by atoms with Gasteiger partial charge in [0.25, 0.3) is 0 Å². The van der Waals surface area contributed by atoms with Gasteiger partial charge in [0.2, 0.25) is 0 Å². The number of nitrogens with zero attached hydrogens (tertiary/aromatic N) is 1. The predicted octanol–water partition coefficient (Wildman–Crippen LogP) is 7.52. The van der Waals surface area contributed by atoms with Crippen LogP contribution >= 0.6 is 0 Å². The SMILES string of the molecule is CC1=CCNC(c2ccccc2CC2=Cc3ccccc3C3C=C(C)C(c4ccccc4)=CN23)=C1. The molecule has 0 amide bonds. The zero-order chi connectivity index (χ0) is 23.8. The second-order valence-electron chi connectivity index (χ2n) is 9.60. The van der Waals surface area contributed by atoms with E-state index in [1.165, 1.54) is 55.9 Å². The third-order valence-electron chi connectivity index (χ3n) is 7.22.